The molecular formula is C15H22O3. The molecule has 0 aromatic rings. The van der Waals surface area contributed by atoms with E-state index in [1.54, 1.807) is 6.08 Å². The molecule has 18 heavy (non-hydrogen) atoms. The molecule has 0 radical (unpaired) electrons. The number of allylic oxidation sites excluding steroid dienone is 3. The van der Waals surface area contributed by atoms with E-state index in [-0.39, 0.29) is 17.7 Å². The van der Waals surface area contributed by atoms with Gasteiger partial charge in [-0.2, -0.15) is 0 Å². The summed E-state index contributed by atoms with van der Waals surface area (Å²) >= 11 is 0. The maximum atomic E-state index is 11.6. The predicted molar refractivity (Wildman–Crippen MR) is 70.2 cm³/mol. The van der Waals surface area contributed by atoms with E-state index >= 15 is 0 Å². The van der Waals surface area contributed by atoms with E-state index in [9.17, 15) is 4.79 Å². The van der Waals surface area contributed by atoms with Gasteiger partial charge in [0.1, 0.15) is 12.2 Å². The summed E-state index contributed by atoms with van der Waals surface area (Å²) in [6, 6.07) is 0. The average molecular weight is 250 g/mol. The van der Waals surface area contributed by atoms with Crippen molar-refractivity contribution in [3.63, 3.8) is 0 Å². The summed E-state index contributed by atoms with van der Waals surface area (Å²) in [6.07, 6.45) is 8.09. The molecular weight excluding hydrogens is 228 g/mol. The van der Waals surface area contributed by atoms with Gasteiger partial charge >= 0.3 is 5.97 Å². The summed E-state index contributed by atoms with van der Waals surface area (Å²) in [5.74, 6) is -0.247. The quantitative estimate of drug-likeness (QED) is 0.376. The summed E-state index contributed by atoms with van der Waals surface area (Å²) in [7, 11) is 0. The second-order valence-corrected chi connectivity index (χ2v) is 5.65. The van der Waals surface area contributed by atoms with Crippen molar-refractivity contribution in [2.45, 2.75) is 58.2 Å². The Labute approximate surface area is 109 Å². The molecule has 0 unspecified atom stereocenters. The highest BCUT2D eigenvalue weighted by Crippen LogP contribution is 2.40. The van der Waals surface area contributed by atoms with Crippen LogP contribution in [0.25, 0.3) is 0 Å². The van der Waals surface area contributed by atoms with Gasteiger partial charge in [-0.3, -0.25) is 0 Å². The second-order valence-electron chi connectivity index (χ2n) is 5.65. The third-order valence-corrected chi connectivity index (χ3v) is 3.73. The molecule has 1 fully saturated rings. The molecule has 3 heteroatoms. The van der Waals surface area contributed by atoms with E-state index in [0.717, 1.165) is 31.3 Å². The van der Waals surface area contributed by atoms with Gasteiger partial charge in [0.05, 0.1) is 6.10 Å². The van der Waals surface area contributed by atoms with Gasteiger partial charge in [0.2, 0.25) is 0 Å². The Morgan fingerprint density at radius 3 is 2.83 bits per heavy atom. The molecule has 3 nitrogen and oxygen atoms in total. The summed E-state index contributed by atoms with van der Waals surface area (Å²) in [4.78, 5) is 11.6. The number of ether oxygens (including phenoxy) is 2. The van der Waals surface area contributed by atoms with Crippen LogP contribution in [0.1, 0.15) is 46.5 Å². The van der Waals surface area contributed by atoms with Crippen molar-refractivity contribution in [2.75, 3.05) is 6.61 Å². The highest BCUT2D eigenvalue weighted by molar-refractivity contribution is 5.82. The zero-order valence-corrected chi connectivity index (χ0v) is 11.5. The molecule has 2 aliphatic rings. The number of epoxide rings is 1. The fraction of sp³-hybridized carbons (Fsp3) is 0.667. The first-order valence-electron chi connectivity index (χ1n) is 6.67. The monoisotopic (exact) mass is 250 g/mol. The van der Waals surface area contributed by atoms with Crippen LogP contribution in [0.4, 0.5) is 0 Å². The van der Waals surface area contributed by atoms with Crippen LogP contribution < -0.4 is 0 Å². The number of hydrogen-bond donors (Lipinski definition) is 0. The molecule has 100 valence electrons. The molecule has 0 spiro atoms. The van der Waals surface area contributed by atoms with Gasteiger partial charge < -0.3 is 9.47 Å². The van der Waals surface area contributed by atoms with Gasteiger partial charge in [-0.25, -0.2) is 4.79 Å². The largest absolute Gasteiger partial charge is 0.459 e. The van der Waals surface area contributed by atoms with Crippen molar-refractivity contribution in [2.24, 2.45) is 0 Å². The molecule has 2 rings (SSSR count). The first-order chi connectivity index (χ1) is 8.49. The number of rotatable bonds is 0. The molecule has 0 bridgehead atoms. The zero-order valence-electron chi connectivity index (χ0n) is 11.5. The van der Waals surface area contributed by atoms with Crippen LogP contribution in [0.5, 0.6) is 0 Å². The van der Waals surface area contributed by atoms with Gasteiger partial charge in [-0.15, -0.1) is 0 Å². The first kappa shape index (κ1) is 13.3. The highest BCUT2D eigenvalue weighted by atomic mass is 16.6. The van der Waals surface area contributed by atoms with Crippen molar-refractivity contribution >= 4 is 5.97 Å². The number of cyclic esters (lactones) is 1. The summed E-state index contributed by atoms with van der Waals surface area (Å²) in [5.41, 5.74) is 2.22. The van der Waals surface area contributed by atoms with Crippen molar-refractivity contribution in [1.29, 1.82) is 0 Å². The molecule has 2 aliphatic heterocycles. The Kier molecular flexibility index (Phi) is 3.91. The number of fused-ring (bicyclic) bond motifs is 1. The van der Waals surface area contributed by atoms with Crippen LogP contribution in [0.2, 0.25) is 0 Å². The van der Waals surface area contributed by atoms with Crippen LogP contribution in [0.3, 0.4) is 0 Å². The maximum Gasteiger partial charge on any atom is 0.330 e. The van der Waals surface area contributed by atoms with Gasteiger partial charge in [0.25, 0.3) is 0 Å². The minimum atomic E-state index is -0.258. The molecule has 0 saturated carbocycles. The average Bonchev–Trinajstić information content (AvgIpc) is 2.95. The lowest BCUT2D eigenvalue weighted by atomic mass is 10.0. The highest BCUT2D eigenvalue weighted by Gasteiger charge is 2.52. The molecule has 2 atom stereocenters. The fourth-order valence-corrected chi connectivity index (χ4v) is 2.32. The minimum absolute atomic E-state index is 0.236. The normalized spacial score (nSPS) is 39.7. The summed E-state index contributed by atoms with van der Waals surface area (Å²) < 4.78 is 10.9. The lowest BCUT2D eigenvalue weighted by Gasteiger charge is -2.07. The number of carbonyl (C=O) groups excluding carboxylic acids is 1. The predicted octanol–water partition coefficient (Wildman–Crippen LogP) is 3.15. The molecule has 2 heterocycles. The lowest BCUT2D eigenvalue weighted by molar-refractivity contribution is -0.139. The van der Waals surface area contributed by atoms with Gasteiger partial charge in [0, 0.05) is 6.08 Å². The van der Waals surface area contributed by atoms with Gasteiger partial charge in [-0.05, 0) is 46.5 Å². The van der Waals surface area contributed by atoms with E-state index in [1.807, 2.05) is 13.8 Å². The van der Waals surface area contributed by atoms with Crippen LogP contribution in [-0.2, 0) is 14.3 Å². The van der Waals surface area contributed by atoms with E-state index < -0.39 is 0 Å². The topological polar surface area (TPSA) is 38.8 Å². The Morgan fingerprint density at radius 2 is 2.06 bits per heavy atom. The van der Waals surface area contributed by atoms with Crippen LogP contribution in [0, 0.1) is 0 Å². The van der Waals surface area contributed by atoms with Crippen molar-refractivity contribution in [1.82, 2.24) is 0 Å². The number of hydrogen-bond acceptors (Lipinski definition) is 3. The second kappa shape index (κ2) is 5.27. The van der Waals surface area contributed by atoms with E-state index in [1.165, 1.54) is 5.57 Å². The van der Waals surface area contributed by atoms with E-state index in [0.29, 0.717) is 6.61 Å². The minimum Gasteiger partial charge on any atom is -0.459 e. The molecule has 0 N–H and O–H groups in total. The molecule has 1 saturated heterocycles. The Morgan fingerprint density at radius 1 is 1.28 bits per heavy atom. The standard InChI is InChI=1S/C15H22O3/c1-11-5-4-6-12(2)9-14(16)17-10-15(3)13(18-15)8-7-11/h5,9,13H,4,6-8,10H2,1-3H3/b11-5+,12-9+/t13-,15-/m1/s1. The molecule has 0 aromatic heterocycles. The third kappa shape index (κ3) is 3.45. The number of carbonyl (C=O) groups is 1. The lowest BCUT2D eigenvalue weighted by Crippen LogP contribution is -2.20. The van der Waals surface area contributed by atoms with Crippen LogP contribution in [-0.4, -0.2) is 24.3 Å². The smallest absolute Gasteiger partial charge is 0.330 e. The first-order valence-corrected chi connectivity index (χ1v) is 6.67. The van der Waals surface area contributed by atoms with Crippen LogP contribution >= 0.6 is 0 Å². The summed E-state index contributed by atoms with van der Waals surface area (Å²) in [5, 5.41) is 0. The van der Waals surface area contributed by atoms with E-state index in [2.05, 4.69) is 13.0 Å². The zero-order chi connectivity index (χ0) is 13.2. The molecule has 0 aliphatic carbocycles. The molecule has 0 amide bonds. The maximum absolute atomic E-state index is 11.6. The summed E-state index contributed by atoms with van der Waals surface area (Å²) in [6.45, 7) is 6.52. The van der Waals surface area contributed by atoms with Gasteiger partial charge in [0.15, 0.2) is 0 Å². The third-order valence-electron chi connectivity index (χ3n) is 3.73. The fourth-order valence-electron chi connectivity index (χ4n) is 2.32. The van der Waals surface area contributed by atoms with Gasteiger partial charge in [-0.1, -0.05) is 17.2 Å². The van der Waals surface area contributed by atoms with E-state index in [4.69, 9.17) is 9.47 Å². The number of esters is 1. The Bertz CT molecular complexity index is 395. The van der Waals surface area contributed by atoms with Crippen molar-refractivity contribution in [3.8, 4) is 0 Å². The Hall–Kier alpha value is -1.09. The Balaban J connectivity index is 2.04. The van der Waals surface area contributed by atoms with Crippen molar-refractivity contribution in [3.05, 3.63) is 23.3 Å². The SMILES string of the molecule is C/C1=C\C(=O)OC[C@@]2(C)O[C@@H]2CC/C(C)=C/CC1. The molecule has 0 aromatic carbocycles. The van der Waals surface area contributed by atoms with Crippen molar-refractivity contribution < 1.29 is 14.3 Å². The van der Waals surface area contributed by atoms with Crippen LogP contribution in [0.15, 0.2) is 23.3 Å².